The zero-order valence-electron chi connectivity index (χ0n) is 11.3. The number of hydrogen-bond acceptors (Lipinski definition) is 2. The molecule has 3 aromatic rings. The molecule has 0 saturated heterocycles. The summed E-state index contributed by atoms with van der Waals surface area (Å²) in [6, 6.07) is 12.7. The van der Waals surface area contributed by atoms with Crippen molar-refractivity contribution in [3.05, 3.63) is 64.6 Å². The highest BCUT2D eigenvalue weighted by Crippen LogP contribution is 2.17. The Morgan fingerprint density at radius 3 is 2.86 bits per heavy atom. The van der Waals surface area contributed by atoms with Crippen LogP contribution < -0.4 is 5.73 Å². The minimum atomic E-state index is -0.250. The van der Waals surface area contributed by atoms with Gasteiger partial charge in [-0.25, -0.2) is 9.37 Å². The lowest BCUT2D eigenvalue weighted by molar-refractivity contribution is 0.555. The SMILES string of the molecule is NC(Cc1cc(F)cc(Br)c1)Cn1cnc2ccccc21. The summed E-state index contributed by atoms with van der Waals surface area (Å²) in [5.74, 6) is -0.250. The van der Waals surface area contributed by atoms with Crippen LogP contribution in [0, 0.1) is 5.82 Å². The number of aromatic nitrogens is 2. The Bertz CT molecular complexity index is 749. The van der Waals surface area contributed by atoms with Gasteiger partial charge in [-0.15, -0.1) is 0 Å². The fourth-order valence-electron chi connectivity index (χ4n) is 2.50. The summed E-state index contributed by atoms with van der Waals surface area (Å²) in [5.41, 5.74) is 9.11. The zero-order chi connectivity index (χ0) is 14.8. The van der Waals surface area contributed by atoms with Crippen LogP contribution in [0.3, 0.4) is 0 Å². The van der Waals surface area contributed by atoms with Crippen molar-refractivity contribution in [1.82, 2.24) is 9.55 Å². The molecule has 1 unspecified atom stereocenters. The molecule has 2 aromatic carbocycles. The highest BCUT2D eigenvalue weighted by atomic mass is 79.9. The second-order valence-electron chi connectivity index (χ2n) is 5.13. The number of benzene rings is 2. The van der Waals surface area contributed by atoms with Gasteiger partial charge in [-0.1, -0.05) is 28.1 Å². The van der Waals surface area contributed by atoms with E-state index in [1.807, 2.05) is 34.9 Å². The molecule has 0 amide bonds. The number of imidazole rings is 1. The molecule has 1 atom stereocenters. The number of halogens is 2. The summed E-state index contributed by atoms with van der Waals surface area (Å²) in [6.07, 6.45) is 2.41. The van der Waals surface area contributed by atoms with Crippen molar-refractivity contribution in [1.29, 1.82) is 0 Å². The van der Waals surface area contributed by atoms with Crippen molar-refractivity contribution in [2.24, 2.45) is 5.73 Å². The van der Waals surface area contributed by atoms with Gasteiger partial charge in [0.1, 0.15) is 5.82 Å². The normalized spacial score (nSPS) is 12.7. The molecular weight excluding hydrogens is 333 g/mol. The van der Waals surface area contributed by atoms with E-state index in [2.05, 4.69) is 20.9 Å². The quantitative estimate of drug-likeness (QED) is 0.784. The molecule has 0 bridgehead atoms. The lowest BCUT2D eigenvalue weighted by atomic mass is 10.1. The van der Waals surface area contributed by atoms with E-state index in [9.17, 15) is 4.39 Å². The van der Waals surface area contributed by atoms with Crippen molar-refractivity contribution >= 4 is 27.0 Å². The first-order valence-electron chi connectivity index (χ1n) is 6.72. The summed E-state index contributed by atoms with van der Waals surface area (Å²) in [6.45, 7) is 0.647. The van der Waals surface area contributed by atoms with Gasteiger partial charge in [0.25, 0.3) is 0 Å². The summed E-state index contributed by atoms with van der Waals surface area (Å²) in [4.78, 5) is 4.35. The lowest BCUT2D eigenvalue weighted by Crippen LogP contribution is -2.28. The minimum absolute atomic E-state index is 0.101. The van der Waals surface area contributed by atoms with Gasteiger partial charge in [-0.3, -0.25) is 0 Å². The van der Waals surface area contributed by atoms with Gasteiger partial charge in [-0.2, -0.15) is 0 Å². The van der Waals surface area contributed by atoms with E-state index in [1.165, 1.54) is 12.1 Å². The van der Waals surface area contributed by atoms with Crippen molar-refractivity contribution in [3.63, 3.8) is 0 Å². The Hall–Kier alpha value is -1.72. The van der Waals surface area contributed by atoms with Crippen LogP contribution in [0.2, 0.25) is 0 Å². The predicted molar refractivity (Wildman–Crippen MR) is 85.5 cm³/mol. The molecule has 2 N–H and O–H groups in total. The fraction of sp³-hybridized carbons (Fsp3) is 0.188. The number of nitrogens with zero attached hydrogens (tertiary/aromatic N) is 2. The Morgan fingerprint density at radius 1 is 1.24 bits per heavy atom. The number of para-hydroxylation sites is 2. The molecule has 0 fully saturated rings. The number of rotatable bonds is 4. The smallest absolute Gasteiger partial charge is 0.124 e. The van der Waals surface area contributed by atoms with Crippen LogP contribution >= 0.6 is 15.9 Å². The lowest BCUT2D eigenvalue weighted by Gasteiger charge is -2.13. The first-order chi connectivity index (χ1) is 10.1. The van der Waals surface area contributed by atoms with Crippen LogP contribution in [-0.2, 0) is 13.0 Å². The molecule has 0 aliphatic carbocycles. The zero-order valence-corrected chi connectivity index (χ0v) is 12.9. The molecule has 3 rings (SSSR count). The van der Waals surface area contributed by atoms with Crippen molar-refractivity contribution in [2.45, 2.75) is 19.0 Å². The summed E-state index contributed by atoms with van der Waals surface area (Å²) >= 11 is 3.30. The molecule has 0 saturated carbocycles. The molecule has 0 radical (unpaired) electrons. The second kappa shape index (κ2) is 5.95. The maximum atomic E-state index is 13.4. The van der Waals surface area contributed by atoms with Crippen LogP contribution in [0.15, 0.2) is 53.3 Å². The summed E-state index contributed by atoms with van der Waals surface area (Å²) in [7, 11) is 0. The third kappa shape index (κ3) is 3.31. The standard InChI is InChI=1S/C16H15BrFN3/c17-12-5-11(6-13(18)8-12)7-14(19)9-21-10-20-15-3-1-2-4-16(15)21/h1-6,8,10,14H,7,9,19H2. The fourth-order valence-corrected chi connectivity index (χ4v) is 3.02. The Morgan fingerprint density at radius 2 is 2.05 bits per heavy atom. The topological polar surface area (TPSA) is 43.8 Å². The van der Waals surface area contributed by atoms with Crippen LogP contribution in [0.4, 0.5) is 4.39 Å². The third-order valence-corrected chi connectivity index (χ3v) is 3.84. The average molecular weight is 348 g/mol. The summed E-state index contributed by atoms with van der Waals surface area (Å²) < 4.78 is 16.1. The Kier molecular flexibility index (Phi) is 4.03. The van der Waals surface area contributed by atoms with Crippen molar-refractivity contribution in [2.75, 3.05) is 0 Å². The first kappa shape index (κ1) is 14.2. The van der Waals surface area contributed by atoms with Gasteiger partial charge in [-0.05, 0) is 42.3 Å². The molecule has 3 nitrogen and oxygen atoms in total. The van der Waals surface area contributed by atoms with E-state index in [1.54, 1.807) is 6.33 Å². The minimum Gasteiger partial charge on any atom is -0.329 e. The highest BCUT2D eigenvalue weighted by Gasteiger charge is 2.09. The second-order valence-corrected chi connectivity index (χ2v) is 6.04. The average Bonchev–Trinajstić information content (AvgIpc) is 2.81. The van der Waals surface area contributed by atoms with Crippen LogP contribution in [0.25, 0.3) is 11.0 Å². The number of fused-ring (bicyclic) bond motifs is 1. The van der Waals surface area contributed by atoms with E-state index < -0.39 is 0 Å². The van der Waals surface area contributed by atoms with Crippen LogP contribution in [0.5, 0.6) is 0 Å². The molecule has 0 aliphatic heterocycles. The van der Waals surface area contributed by atoms with E-state index in [-0.39, 0.29) is 11.9 Å². The van der Waals surface area contributed by atoms with E-state index >= 15 is 0 Å². The number of hydrogen-bond donors (Lipinski definition) is 1. The summed E-state index contributed by atoms with van der Waals surface area (Å²) in [5, 5.41) is 0. The van der Waals surface area contributed by atoms with Crippen LogP contribution in [0.1, 0.15) is 5.56 Å². The Balaban J connectivity index is 1.75. The van der Waals surface area contributed by atoms with Crippen molar-refractivity contribution in [3.8, 4) is 0 Å². The van der Waals surface area contributed by atoms with Crippen molar-refractivity contribution < 1.29 is 4.39 Å². The molecular formula is C16H15BrFN3. The van der Waals surface area contributed by atoms with Crippen LogP contribution in [-0.4, -0.2) is 15.6 Å². The molecule has 21 heavy (non-hydrogen) atoms. The highest BCUT2D eigenvalue weighted by molar-refractivity contribution is 9.10. The van der Waals surface area contributed by atoms with E-state index in [0.717, 1.165) is 21.1 Å². The molecule has 1 aromatic heterocycles. The largest absolute Gasteiger partial charge is 0.329 e. The van der Waals surface area contributed by atoms with Gasteiger partial charge in [0.15, 0.2) is 0 Å². The predicted octanol–water partition coefficient (Wildman–Crippen LogP) is 3.51. The molecule has 108 valence electrons. The first-order valence-corrected chi connectivity index (χ1v) is 7.51. The van der Waals surface area contributed by atoms with E-state index in [0.29, 0.717) is 13.0 Å². The van der Waals surface area contributed by atoms with Gasteiger partial charge in [0.05, 0.1) is 17.4 Å². The number of nitrogens with two attached hydrogens (primary N) is 1. The van der Waals surface area contributed by atoms with E-state index in [4.69, 9.17) is 5.73 Å². The molecule has 1 heterocycles. The maximum Gasteiger partial charge on any atom is 0.124 e. The van der Waals surface area contributed by atoms with Gasteiger partial charge < -0.3 is 10.3 Å². The maximum absolute atomic E-state index is 13.4. The van der Waals surface area contributed by atoms with Gasteiger partial charge in [0, 0.05) is 17.1 Å². The molecule has 5 heteroatoms. The Labute approximate surface area is 130 Å². The third-order valence-electron chi connectivity index (χ3n) is 3.38. The molecule has 0 spiro atoms. The van der Waals surface area contributed by atoms with Gasteiger partial charge in [0.2, 0.25) is 0 Å². The monoisotopic (exact) mass is 347 g/mol. The molecule has 0 aliphatic rings. The van der Waals surface area contributed by atoms with Gasteiger partial charge >= 0.3 is 0 Å².